The maximum atomic E-state index is 12.9. The van der Waals surface area contributed by atoms with Crippen molar-refractivity contribution < 1.29 is 13.2 Å². The topological polar surface area (TPSA) is 100 Å². The van der Waals surface area contributed by atoms with Gasteiger partial charge in [-0.3, -0.25) is 4.90 Å². The number of anilines is 1. The van der Waals surface area contributed by atoms with Crippen LogP contribution in [-0.2, 0) is 19.5 Å². The molecule has 6 rings (SSSR count). The van der Waals surface area contributed by atoms with Gasteiger partial charge in [-0.2, -0.15) is 21.3 Å². The van der Waals surface area contributed by atoms with E-state index in [0.29, 0.717) is 28.3 Å². The summed E-state index contributed by atoms with van der Waals surface area (Å²) in [5.74, 6) is 0.596. The molecule has 0 aliphatic carbocycles. The predicted octanol–water partition coefficient (Wildman–Crippen LogP) is 5.85. The van der Waals surface area contributed by atoms with Crippen LogP contribution < -0.4 is 5.32 Å². The number of halogens is 4. The lowest BCUT2D eigenvalue weighted by atomic mass is 10.0. The van der Waals surface area contributed by atoms with Crippen molar-refractivity contribution in [2.75, 3.05) is 18.4 Å². The molecule has 0 atom stereocenters. The number of aromatic nitrogens is 6. The van der Waals surface area contributed by atoms with Gasteiger partial charge in [0, 0.05) is 41.5 Å². The van der Waals surface area contributed by atoms with Gasteiger partial charge in [0.25, 0.3) is 0 Å². The minimum absolute atomic E-state index is 0.173. The van der Waals surface area contributed by atoms with E-state index >= 15 is 0 Å². The minimum Gasteiger partial charge on any atom is -0.367 e. The number of hydrogen-bond donors (Lipinski definition) is 1. The monoisotopic (exact) mass is 691 g/mol. The largest absolute Gasteiger partial charge is 0.393 e. The van der Waals surface area contributed by atoms with Crippen LogP contribution in [0.1, 0.15) is 40.2 Å². The molecule has 14 heteroatoms. The molecule has 0 bridgehead atoms. The normalized spacial score (nSPS) is 15.1. The molecule has 0 radical (unpaired) electrons. The Morgan fingerprint density at radius 3 is 2.66 bits per heavy atom. The Balaban J connectivity index is 1.12. The SMILES string of the molecule is Cc1c(CN2CCC(Nc3ncnc4sc(CC(F)(F)F)cc34)CC2)ccc2c1cc(C#N)n2Cc1cn(I)nn1. The summed E-state index contributed by atoms with van der Waals surface area (Å²) in [5.41, 5.74) is 4.75. The van der Waals surface area contributed by atoms with Crippen molar-refractivity contribution in [3.63, 3.8) is 0 Å². The number of nitrogens with zero attached hydrogens (tertiary/aromatic N) is 8. The highest BCUT2D eigenvalue weighted by molar-refractivity contribution is 14.1. The highest BCUT2D eigenvalue weighted by Crippen LogP contribution is 2.33. The zero-order chi connectivity index (χ0) is 28.7. The number of aryl methyl sites for hydroxylation is 1. The zero-order valence-electron chi connectivity index (χ0n) is 22.0. The van der Waals surface area contributed by atoms with Crippen LogP contribution in [0.15, 0.2) is 36.8 Å². The molecule has 212 valence electrons. The van der Waals surface area contributed by atoms with E-state index in [1.165, 1.54) is 11.9 Å². The summed E-state index contributed by atoms with van der Waals surface area (Å²) in [6, 6.07) is 10.2. The lowest BCUT2D eigenvalue weighted by molar-refractivity contribution is -0.126. The number of benzene rings is 1. The van der Waals surface area contributed by atoms with Crippen LogP contribution in [0.2, 0.25) is 0 Å². The van der Waals surface area contributed by atoms with E-state index in [9.17, 15) is 18.4 Å². The fourth-order valence-corrected chi connectivity index (χ4v) is 6.88. The molecule has 0 saturated carbocycles. The number of rotatable bonds is 7. The summed E-state index contributed by atoms with van der Waals surface area (Å²) in [4.78, 5) is 11.7. The molecule has 41 heavy (non-hydrogen) atoms. The standard InChI is InChI=1S/C27H25F3IN9S/c1-16-17(2-3-24-22(16)8-20(11-32)39(24)13-19-14-40(31)37-36-19)12-38-6-4-18(5-7-38)35-25-23-9-21(10-27(28,29)30)41-26(23)34-15-33-25/h2-3,8-9,14-15,18H,4-7,10,12-13H2,1H3,(H,33,34,35). The highest BCUT2D eigenvalue weighted by atomic mass is 127. The van der Waals surface area contributed by atoms with Crippen molar-refractivity contribution in [3.8, 4) is 6.07 Å². The van der Waals surface area contributed by atoms with Crippen molar-refractivity contribution in [2.45, 2.75) is 51.5 Å². The van der Waals surface area contributed by atoms with Crippen LogP contribution in [0, 0.1) is 18.3 Å². The number of likely N-dealkylation sites (tertiary alicyclic amines) is 1. The van der Waals surface area contributed by atoms with E-state index in [4.69, 9.17) is 0 Å². The Hall–Kier alpha value is -3.29. The number of alkyl halides is 3. The summed E-state index contributed by atoms with van der Waals surface area (Å²) in [6.07, 6.45) is -0.188. The molecule has 1 fully saturated rings. The third kappa shape index (κ3) is 6.02. The molecule has 1 aliphatic rings. The lowest BCUT2D eigenvalue weighted by Crippen LogP contribution is -2.39. The van der Waals surface area contributed by atoms with Gasteiger partial charge >= 0.3 is 6.18 Å². The molecular formula is C27H25F3IN9S. The first-order valence-electron chi connectivity index (χ1n) is 13.0. The van der Waals surface area contributed by atoms with E-state index in [1.54, 1.807) is 8.96 Å². The van der Waals surface area contributed by atoms with Gasteiger partial charge in [-0.05, 0) is 49.1 Å². The predicted molar refractivity (Wildman–Crippen MR) is 159 cm³/mol. The molecule has 1 N–H and O–H groups in total. The van der Waals surface area contributed by atoms with Crippen LogP contribution in [0.5, 0.6) is 0 Å². The molecule has 4 aromatic heterocycles. The summed E-state index contributed by atoms with van der Waals surface area (Å²) in [7, 11) is 0. The Kier molecular flexibility index (Phi) is 7.60. The maximum absolute atomic E-state index is 12.9. The quantitative estimate of drug-likeness (QED) is 0.214. The summed E-state index contributed by atoms with van der Waals surface area (Å²) in [6.45, 7) is 5.13. The first kappa shape index (κ1) is 27.9. The van der Waals surface area contributed by atoms with Crippen LogP contribution in [0.4, 0.5) is 19.0 Å². The second-order valence-electron chi connectivity index (χ2n) is 10.2. The molecule has 1 saturated heterocycles. The fourth-order valence-electron chi connectivity index (χ4n) is 5.44. The Bertz CT molecular complexity index is 1760. The van der Waals surface area contributed by atoms with Crippen molar-refractivity contribution in [1.29, 1.82) is 5.26 Å². The summed E-state index contributed by atoms with van der Waals surface area (Å²) < 4.78 is 42.3. The Labute approximate surface area is 251 Å². The summed E-state index contributed by atoms with van der Waals surface area (Å²) >= 11 is 3.11. The molecular weight excluding hydrogens is 666 g/mol. The minimum atomic E-state index is -4.25. The Morgan fingerprint density at radius 2 is 1.95 bits per heavy atom. The van der Waals surface area contributed by atoms with Gasteiger partial charge in [0.2, 0.25) is 0 Å². The molecule has 0 spiro atoms. The van der Waals surface area contributed by atoms with Crippen molar-refractivity contribution in [3.05, 3.63) is 64.2 Å². The summed E-state index contributed by atoms with van der Waals surface area (Å²) in [5, 5.41) is 23.1. The highest BCUT2D eigenvalue weighted by Gasteiger charge is 2.29. The van der Waals surface area contributed by atoms with Gasteiger partial charge in [0.1, 0.15) is 34.4 Å². The van der Waals surface area contributed by atoms with Gasteiger partial charge in [0.15, 0.2) is 0 Å². The van der Waals surface area contributed by atoms with E-state index in [1.807, 2.05) is 39.7 Å². The number of nitrogens with one attached hydrogen (secondary N) is 1. The molecule has 5 heterocycles. The first-order valence-corrected chi connectivity index (χ1v) is 14.8. The number of piperidine rings is 1. The van der Waals surface area contributed by atoms with Crippen LogP contribution in [0.25, 0.3) is 21.1 Å². The third-order valence-corrected chi connectivity index (χ3v) is 9.01. The molecule has 5 aromatic rings. The van der Waals surface area contributed by atoms with Gasteiger partial charge in [-0.15, -0.1) is 16.4 Å². The second-order valence-corrected chi connectivity index (χ2v) is 12.4. The van der Waals surface area contributed by atoms with Crippen molar-refractivity contribution in [1.82, 2.24) is 32.6 Å². The molecule has 1 aromatic carbocycles. The van der Waals surface area contributed by atoms with Crippen LogP contribution in [-0.4, -0.2) is 57.9 Å². The van der Waals surface area contributed by atoms with E-state index < -0.39 is 12.6 Å². The average Bonchev–Trinajstić information content (AvgIpc) is 3.63. The maximum Gasteiger partial charge on any atom is 0.393 e. The number of hydrogen-bond acceptors (Lipinski definition) is 8. The fraction of sp³-hybridized carbons (Fsp3) is 0.370. The van der Waals surface area contributed by atoms with E-state index in [2.05, 4.69) is 55.6 Å². The van der Waals surface area contributed by atoms with Crippen LogP contribution in [0.3, 0.4) is 0 Å². The number of thiophene rings is 1. The second kappa shape index (κ2) is 11.2. The average molecular weight is 692 g/mol. The smallest absolute Gasteiger partial charge is 0.367 e. The third-order valence-electron chi connectivity index (χ3n) is 7.49. The van der Waals surface area contributed by atoms with Crippen molar-refractivity contribution in [2.24, 2.45) is 0 Å². The first-order chi connectivity index (χ1) is 19.7. The van der Waals surface area contributed by atoms with E-state index in [-0.39, 0.29) is 10.9 Å². The molecule has 0 unspecified atom stereocenters. The number of fused-ring (bicyclic) bond motifs is 2. The molecule has 1 aliphatic heterocycles. The van der Waals surface area contributed by atoms with Gasteiger partial charge < -0.3 is 9.88 Å². The van der Waals surface area contributed by atoms with Crippen molar-refractivity contribution >= 4 is 61.1 Å². The molecule has 0 amide bonds. The van der Waals surface area contributed by atoms with Gasteiger partial charge in [-0.25, -0.2) is 9.97 Å². The van der Waals surface area contributed by atoms with E-state index in [0.717, 1.165) is 66.0 Å². The lowest BCUT2D eigenvalue weighted by Gasteiger charge is -2.33. The number of nitriles is 1. The van der Waals surface area contributed by atoms with Gasteiger partial charge in [-0.1, -0.05) is 11.3 Å². The Morgan fingerprint density at radius 1 is 1.15 bits per heavy atom. The molecule has 9 nitrogen and oxygen atoms in total. The van der Waals surface area contributed by atoms with Gasteiger partial charge in [0.05, 0.1) is 47.4 Å². The zero-order valence-corrected chi connectivity index (χ0v) is 25.0. The van der Waals surface area contributed by atoms with Crippen LogP contribution >= 0.6 is 34.2 Å².